The van der Waals surface area contributed by atoms with Gasteiger partial charge in [0.15, 0.2) is 9.84 Å². The van der Waals surface area contributed by atoms with E-state index in [0.717, 1.165) is 25.2 Å². The lowest BCUT2D eigenvalue weighted by Crippen LogP contribution is -2.28. The van der Waals surface area contributed by atoms with Crippen molar-refractivity contribution in [1.29, 1.82) is 0 Å². The van der Waals surface area contributed by atoms with Gasteiger partial charge >= 0.3 is 0 Å². The quantitative estimate of drug-likeness (QED) is 0.858. The van der Waals surface area contributed by atoms with Crippen molar-refractivity contribution in [2.45, 2.75) is 18.2 Å². The molecule has 0 atom stereocenters. The Morgan fingerprint density at radius 2 is 1.70 bits per heavy atom. The Morgan fingerprint density at radius 3 is 2.26 bits per heavy atom. The molecule has 2 aromatic carbocycles. The smallest absolute Gasteiger partial charge is 0.178 e. The van der Waals surface area contributed by atoms with Gasteiger partial charge in [0.1, 0.15) is 0 Å². The molecule has 0 fully saturated rings. The second kappa shape index (κ2) is 6.59. The van der Waals surface area contributed by atoms with Crippen molar-refractivity contribution in [2.24, 2.45) is 0 Å². The van der Waals surface area contributed by atoms with Gasteiger partial charge in [-0.05, 0) is 41.8 Å². The third-order valence-corrected chi connectivity index (χ3v) is 6.05. The van der Waals surface area contributed by atoms with Crippen LogP contribution in [0, 0.1) is 0 Å². The minimum atomic E-state index is -3.12. The average Bonchev–Trinajstić information content (AvgIpc) is 2.63. The predicted octanol–water partition coefficient (Wildman–Crippen LogP) is 3.77. The zero-order valence-corrected chi connectivity index (χ0v) is 14.1. The first kappa shape index (κ1) is 15.8. The highest BCUT2D eigenvalue weighted by atomic mass is 32.2. The first-order chi connectivity index (χ1) is 11.1. The number of anilines is 1. The van der Waals surface area contributed by atoms with Crippen molar-refractivity contribution < 1.29 is 8.42 Å². The van der Waals surface area contributed by atoms with Gasteiger partial charge < -0.3 is 4.90 Å². The molecule has 23 heavy (non-hydrogen) atoms. The lowest BCUT2D eigenvalue weighted by molar-refractivity contribution is 0.597. The molecule has 0 radical (unpaired) electrons. The second-order valence-electron chi connectivity index (χ2n) is 5.69. The lowest BCUT2D eigenvalue weighted by atomic mass is 9.99. The molecular weight excluding hydrogens is 306 g/mol. The summed E-state index contributed by atoms with van der Waals surface area (Å²) < 4.78 is 23.7. The molecule has 2 aromatic rings. The number of nitrogens with zero attached hydrogens (tertiary/aromatic N) is 1. The Morgan fingerprint density at radius 1 is 1.00 bits per heavy atom. The number of hydrogen-bond acceptors (Lipinski definition) is 3. The first-order valence-corrected chi connectivity index (χ1v) is 9.57. The number of sulfone groups is 1. The summed E-state index contributed by atoms with van der Waals surface area (Å²) in [4.78, 5) is 2.68. The molecule has 3 rings (SSSR count). The molecule has 0 aromatic heterocycles. The molecule has 0 bridgehead atoms. The molecule has 0 unspecified atom stereocenters. The van der Waals surface area contributed by atoms with Crippen LogP contribution in [0.1, 0.15) is 18.9 Å². The third kappa shape index (κ3) is 3.48. The van der Waals surface area contributed by atoms with Gasteiger partial charge in [0, 0.05) is 18.8 Å². The zero-order valence-electron chi connectivity index (χ0n) is 13.3. The maximum atomic E-state index is 11.9. The van der Waals surface area contributed by atoms with Crippen molar-refractivity contribution in [3.05, 3.63) is 66.2 Å². The van der Waals surface area contributed by atoms with Gasteiger partial charge in [-0.3, -0.25) is 0 Å². The molecule has 1 aliphatic rings. The van der Waals surface area contributed by atoms with Crippen molar-refractivity contribution in [1.82, 2.24) is 0 Å². The van der Waals surface area contributed by atoms with Crippen LogP contribution in [0.2, 0.25) is 0 Å². The molecule has 4 heteroatoms. The molecule has 0 spiro atoms. The van der Waals surface area contributed by atoms with E-state index in [4.69, 9.17) is 0 Å². The summed E-state index contributed by atoms with van der Waals surface area (Å²) >= 11 is 0. The lowest BCUT2D eigenvalue weighted by Gasteiger charge is -2.28. The highest BCUT2D eigenvalue weighted by Crippen LogP contribution is 2.26. The van der Waals surface area contributed by atoms with E-state index in [1.165, 1.54) is 11.1 Å². The maximum Gasteiger partial charge on any atom is 0.178 e. The van der Waals surface area contributed by atoms with E-state index < -0.39 is 9.84 Å². The van der Waals surface area contributed by atoms with Crippen molar-refractivity contribution in [2.75, 3.05) is 23.7 Å². The van der Waals surface area contributed by atoms with Crippen LogP contribution in [0.5, 0.6) is 0 Å². The normalized spacial score (nSPS) is 15.3. The first-order valence-electron chi connectivity index (χ1n) is 7.92. The van der Waals surface area contributed by atoms with Gasteiger partial charge in [-0.1, -0.05) is 43.3 Å². The summed E-state index contributed by atoms with van der Waals surface area (Å²) in [6.07, 6.45) is 3.26. The molecule has 0 saturated heterocycles. The summed E-state index contributed by atoms with van der Waals surface area (Å²) in [5.74, 6) is 0.138. The van der Waals surface area contributed by atoms with E-state index in [1.54, 1.807) is 19.1 Å². The van der Waals surface area contributed by atoms with Crippen LogP contribution in [-0.4, -0.2) is 27.3 Å². The van der Waals surface area contributed by atoms with Crippen molar-refractivity contribution in [3.63, 3.8) is 0 Å². The standard InChI is InChI=1S/C19H21NO2S/c1-2-23(21,22)19-10-8-18(9-11-19)20-14-12-17(13-15-20)16-6-4-3-5-7-16/h3-12H,2,13-15H2,1H3. The molecule has 0 amide bonds. The number of rotatable bonds is 4. The zero-order chi connectivity index (χ0) is 16.3. The summed E-state index contributed by atoms with van der Waals surface area (Å²) in [6.45, 7) is 3.47. The highest BCUT2D eigenvalue weighted by Gasteiger charge is 2.15. The van der Waals surface area contributed by atoms with Crippen LogP contribution in [0.4, 0.5) is 5.69 Å². The van der Waals surface area contributed by atoms with E-state index >= 15 is 0 Å². The fourth-order valence-corrected chi connectivity index (χ4v) is 3.73. The topological polar surface area (TPSA) is 37.4 Å². The van der Waals surface area contributed by atoms with Crippen LogP contribution in [-0.2, 0) is 9.84 Å². The van der Waals surface area contributed by atoms with Crippen LogP contribution < -0.4 is 4.90 Å². The second-order valence-corrected chi connectivity index (χ2v) is 7.97. The molecule has 1 heterocycles. The highest BCUT2D eigenvalue weighted by molar-refractivity contribution is 7.91. The molecule has 1 aliphatic heterocycles. The van der Waals surface area contributed by atoms with E-state index in [0.29, 0.717) is 4.90 Å². The minimum Gasteiger partial charge on any atom is -0.367 e. The van der Waals surface area contributed by atoms with Gasteiger partial charge in [-0.15, -0.1) is 0 Å². The fourth-order valence-electron chi connectivity index (χ4n) is 2.85. The van der Waals surface area contributed by atoms with Gasteiger partial charge in [-0.2, -0.15) is 0 Å². The number of benzene rings is 2. The summed E-state index contributed by atoms with van der Waals surface area (Å²) in [7, 11) is -3.12. The Kier molecular flexibility index (Phi) is 4.53. The molecular formula is C19H21NO2S. The third-order valence-electron chi connectivity index (χ3n) is 4.29. The molecule has 0 N–H and O–H groups in total. The van der Waals surface area contributed by atoms with E-state index in [2.05, 4.69) is 35.2 Å². The molecule has 0 aliphatic carbocycles. The van der Waals surface area contributed by atoms with Crippen molar-refractivity contribution in [3.8, 4) is 0 Å². The monoisotopic (exact) mass is 327 g/mol. The van der Waals surface area contributed by atoms with Gasteiger partial charge in [0.2, 0.25) is 0 Å². The van der Waals surface area contributed by atoms with Gasteiger partial charge in [0.05, 0.1) is 10.6 Å². The average molecular weight is 327 g/mol. The van der Waals surface area contributed by atoms with Crippen LogP contribution in [0.3, 0.4) is 0 Å². The minimum absolute atomic E-state index is 0.138. The Balaban J connectivity index is 1.74. The van der Waals surface area contributed by atoms with Crippen LogP contribution >= 0.6 is 0 Å². The summed E-state index contributed by atoms with van der Waals surface area (Å²) in [5, 5.41) is 0. The fraction of sp³-hybridized carbons (Fsp3) is 0.263. The number of hydrogen-bond donors (Lipinski definition) is 0. The maximum absolute atomic E-state index is 11.9. The van der Waals surface area contributed by atoms with E-state index in [1.807, 2.05) is 18.2 Å². The largest absolute Gasteiger partial charge is 0.367 e. The SMILES string of the molecule is CCS(=O)(=O)c1ccc(N2CC=C(c3ccccc3)CC2)cc1. The van der Waals surface area contributed by atoms with Crippen LogP contribution in [0.25, 0.3) is 5.57 Å². The van der Waals surface area contributed by atoms with Crippen molar-refractivity contribution >= 4 is 21.1 Å². The van der Waals surface area contributed by atoms with Gasteiger partial charge in [0.25, 0.3) is 0 Å². The summed E-state index contributed by atoms with van der Waals surface area (Å²) in [6, 6.07) is 17.7. The molecule has 3 nitrogen and oxygen atoms in total. The Labute approximate surface area is 138 Å². The van der Waals surface area contributed by atoms with Crippen LogP contribution in [0.15, 0.2) is 65.6 Å². The summed E-state index contributed by atoms with van der Waals surface area (Å²) in [5.41, 5.74) is 3.74. The predicted molar refractivity (Wildman–Crippen MR) is 95.4 cm³/mol. The Hall–Kier alpha value is -2.07. The van der Waals surface area contributed by atoms with Gasteiger partial charge in [-0.25, -0.2) is 8.42 Å². The Bertz CT molecular complexity index is 793. The molecule has 120 valence electrons. The van der Waals surface area contributed by atoms with E-state index in [9.17, 15) is 8.42 Å². The van der Waals surface area contributed by atoms with E-state index in [-0.39, 0.29) is 5.75 Å². The molecule has 0 saturated carbocycles.